The monoisotopic (exact) mass is 340 g/mol. The topological polar surface area (TPSA) is 82.8 Å². The summed E-state index contributed by atoms with van der Waals surface area (Å²) in [6.07, 6.45) is -0.553. The zero-order chi connectivity index (χ0) is 16.7. The standard InChI is InChI=1S/C16H21ClN2O4/c1-15(2)22-13-12(7-18)21-9-16(13,23-15)8-19-14(20)10-5-3-4-6-11(10)17/h3-6,12-13H,7-9,18H2,1-2H3,(H,19,20)/t12-,13-,16+/m1/s1. The van der Waals surface area contributed by atoms with Crippen LogP contribution in [-0.4, -0.2) is 49.2 Å². The number of hydrogen-bond acceptors (Lipinski definition) is 5. The highest BCUT2D eigenvalue weighted by Gasteiger charge is 2.60. The third-order valence-electron chi connectivity index (χ3n) is 4.16. The minimum Gasteiger partial charge on any atom is -0.371 e. The number of carbonyl (C=O) groups is 1. The van der Waals surface area contributed by atoms with Crippen molar-refractivity contribution in [3.63, 3.8) is 0 Å². The molecule has 3 N–H and O–H groups in total. The lowest BCUT2D eigenvalue weighted by Crippen LogP contribution is -2.51. The van der Waals surface area contributed by atoms with E-state index in [1.54, 1.807) is 24.3 Å². The molecule has 3 atom stereocenters. The van der Waals surface area contributed by atoms with Gasteiger partial charge in [-0.3, -0.25) is 4.79 Å². The lowest BCUT2D eigenvalue weighted by molar-refractivity contribution is -0.188. The van der Waals surface area contributed by atoms with E-state index in [2.05, 4.69) is 5.32 Å². The molecule has 0 aliphatic carbocycles. The maximum atomic E-state index is 12.4. The minimum absolute atomic E-state index is 0.242. The van der Waals surface area contributed by atoms with Gasteiger partial charge in [0, 0.05) is 6.54 Å². The van der Waals surface area contributed by atoms with E-state index < -0.39 is 11.4 Å². The second kappa shape index (κ2) is 6.03. The Kier molecular flexibility index (Phi) is 4.37. The van der Waals surface area contributed by atoms with Gasteiger partial charge in [-0.1, -0.05) is 23.7 Å². The summed E-state index contributed by atoms with van der Waals surface area (Å²) in [4.78, 5) is 12.4. The van der Waals surface area contributed by atoms with Gasteiger partial charge in [-0.25, -0.2) is 0 Å². The summed E-state index contributed by atoms with van der Waals surface area (Å²) in [5.41, 5.74) is 5.43. The normalized spacial score (nSPS) is 31.8. The van der Waals surface area contributed by atoms with Gasteiger partial charge in [-0.15, -0.1) is 0 Å². The molecule has 1 aromatic rings. The number of nitrogens with one attached hydrogen (secondary N) is 1. The molecular weight excluding hydrogens is 320 g/mol. The highest BCUT2D eigenvalue weighted by molar-refractivity contribution is 6.33. The van der Waals surface area contributed by atoms with Gasteiger partial charge in [-0.05, 0) is 26.0 Å². The summed E-state index contributed by atoms with van der Waals surface area (Å²) < 4.78 is 17.7. The highest BCUT2D eigenvalue weighted by atomic mass is 35.5. The van der Waals surface area contributed by atoms with Crippen molar-refractivity contribution in [2.75, 3.05) is 19.7 Å². The van der Waals surface area contributed by atoms with Gasteiger partial charge in [0.2, 0.25) is 0 Å². The predicted octanol–water partition coefficient (Wildman–Crippen LogP) is 1.32. The maximum Gasteiger partial charge on any atom is 0.252 e. The second-order valence-electron chi connectivity index (χ2n) is 6.35. The summed E-state index contributed by atoms with van der Waals surface area (Å²) in [6, 6.07) is 6.90. The van der Waals surface area contributed by atoms with E-state index in [9.17, 15) is 4.79 Å². The third kappa shape index (κ3) is 3.09. The Balaban J connectivity index is 1.74. The number of carbonyl (C=O) groups excluding carboxylic acids is 1. The van der Waals surface area contributed by atoms with E-state index in [1.807, 2.05) is 13.8 Å². The van der Waals surface area contributed by atoms with Crippen molar-refractivity contribution in [2.45, 2.75) is 37.4 Å². The molecule has 2 aliphatic heterocycles. The van der Waals surface area contributed by atoms with Gasteiger partial charge in [-0.2, -0.15) is 0 Å². The van der Waals surface area contributed by atoms with Crippen LogP contribution in [0.3, 0.4) is 0 Å². The van der Waals surface area contributed by atoms with Gasteiger partial charge in [0.05, 0.1) is 29.8 Å². The average Bonchev–Trinajstić information content (AvgIpc) is 2.95. The van der Waals surface area contributed by atoms with Crippen LogP contribution >= 0.6 is 11.6 Å². The zero-order valence-electron chi connectivity index (χ0n) is 13.2. The van der Waals surface area contributed by atoms with Gasteiger partial charge in [0.25, 0.3) is 5.91 Å². The summed E-state index contributed by atoms with van der Waals surface area (Å²) in [5.74, 6) is -0.995. The van der Waals surface area contributed by atoms with E-state index in [4.69, 9.17) is 31.5 Å². The van der Waals surface area contributed by atoms with Gasteiger partial charge in [0.1, 0.15) is 11.7 Å². The molecule has 1 amide bonds. The Bertz CT molecular complexity index is 609. The Morgan fingerprint density at radius 1 is 1.43 bits per heavy atom. The van der Waals surface area contributed by atoms with Crippen LogP contribution in [0.2, 0.25) is 5.02 Å². The SMILES string of the molecule is CC1(C)O[C@@H]2[C@@H](CN)OC[C@]2(CNC(=O)c2ccccc2Cl)O1. The molecule has 1 aromatic carbocycles. The number of rotatable bonds is 4. The van der Waals surface area contributed by atoms with Gasteiger partial charge >= 0.3 is 0 Å². The van der Waals surface area contributed by atoms with Crippen molar-refractivity contribution in [1.82, 2.24) is 5.32 Å². The highest BCUT2D eigenvalue weighted by Crippen LogP contribution is 2.42. The largest absolute Gasteiger partial charge is 0.371 e. The zero-order valence-corrected chi connectivity index (χ0v) is 13.9. The second-order valence-corrected chi connectivity index (χ2v) is 6.76. The predicted molar refractivity (Wildman–Crippen MR) is 85.3 cm³/mol. The number of hydrogen-bond donors (Lipinski definition) is 2. The first-order valence-corrected chi connectivity index (χ1v) is 7.97. The molecular formula is C16H21ClN2O4. The molecule has 6 nitrogen and oxygen atoms in total. The number of ether oxygens (including phenoxy) is 3. The fourth-order valence-electron chi connectivity index (χ4n) is 3.20. The first kappa shape index (κ1) is 16.7. The Hall–Kier alpha value is -1.18. The fraction of sp³-hybridized carbons (Fsp3) is 0.562. The van der Waals surface area contributed by atoms with Crippen LogP contribution in [0.4, 0.5) is 0 Å². The molecule has 23 heavy (non-hydrogen) atoms. The molecule has 0 saturated carbocycles. The van der Waals surface area contributed by atoms with Crippen molar-refractivity contribution in [1.29, 1.82) is 0 Å². The van der Waals surface area contributed by atoms with Gasteiger partial charge in [0.15, 0.2) is 5.79 Å². The van der Waals surface area contributed by atoms with Crippen LogP contribution in [0.25, 0.3) is 0 Å². The number of amides is 1. The van der Waals surface area contributed by atoms with Crippen LogP contribution in [0, 0.1) is 0 Å². The number of benzene rings is 1. The van der Waals surface area contributed by atoms with E-state index in [0.717, 1.165) is 0 Å². The third-order valence-corrected chi connectivity index (χ3v) is 4.49. The van der Waals surface area contributed by atoms with E-state index in [0.29, 0.717) is 23.7 Å². The number of nitrogens with two attached hydrogens (primary N) is 1. The van der Waals surface area contributed by atoms with Crippen LogP contribution in [0.5, 0.6) is 0 Å². The molecule has 2 saturated heterocycles. The average molecular weight is 341 g/mol. The molecule has 0 aromatic heterocycles. The van der Waals surface area contributed by atoms with Crippen LogP contribution in [0.15, 0.2) is 24.3 Å². The Morgan fingerprint density at radius 2 is 2.17 bits per heavy atom. The Morgan fingerprint density at radius 3 is 2.87 bits per heavy atom. The van der Waals surface area contributed by atoms with Crippen molar-refractivity contribution in [2.24, 2.45) is 5.73 Å². The van der Waals surface area contributed by atoms with Crippen molar-refractivity contribution >= 4 is 17.5 Å². The molecule has 0 radical (unpaired) electrons. The molecule has 0 unspecified atom stereocenters. The van der Waals surface area contributed by atoms with E-state index in [1.165, 1.54) is 0 Å². The van der Waals surface area contributed by atoms with Gasteiger partial charge < -0.3 is 25.3 Å². The van der Waals surface area contributed by atoms with Crippen molar-refractivity contribution in [3.8, 4) is 0 Å². The van der Waals surface area contributed by atoms with E-state index >= 15 is 0 Å². The number of fused-ring (bicyclic) bond motifs is 1. The van der Waals surface area contributed by atoms with Crippen molar-refractivity contribution in [3.05, 3.63) is 34.9 Å². The fourth-order valence-corrected chi connectivity index (χ4v) is 3.42. The summed E-state index contributed by atoms with van der Waals surface area (Å²) >= 11 is 6.06. The summed E-state index contributed by atoms with van der Waals surface area (Å²) in [5, 5.41) is 3.28. The Labute approximate surface area is 140 Å². The lowest BCUT2D eigenvalue weighted by Gasteiger charge is -2.27. The maximum absolute atomic E-state index is 12.4. The van der Waals surface area contributed by atoms with E-state index in [-0.39, 0.29) is 24.7 Å². The molecule has 2 heterocycles. The molecule has 3 rings (SSSR count). The molecule has 2 fully saturated rings. The van der Waals surface area contributed by atoms with Crippen LogP contribution in [-0.2, 0) is 14.2 Å². The first-order chi connectivity index (χ1) is 10.9. The molecule has 7 heteroatoms. The molecule has 0 bridgehead atoms. The first-order valence-electron chi connectivity index (χ1n) is 7.59. The number of halogens is 1. The van der Waals surface area contributed by atoms with Crippen LogP contribution < -0.4 is 11.1 Å². The summed E-state index contributed by atoms with van der Waals surface area (Å²) in [6.45, 7) is 4.62. The molecule has 126 valence electrons. The van der Waals surface area contributed by atoms with Crippen LogP contribution in [0.1, 0.15) is 24.2 Å². The smallest absolute Gasteiger partial charge is 0.252 e. The minimum atomic E-state index is -0.739. The summed E-state index contributed by atoms with van der Waals surface area (Å²) in [7, 11) is 0. The van der Waals surface area contributed by atoms with Crippen molar-refractivity contribution < 1.29 is 19.0 Å². The lowest BCUT2D eigenvalue weighted by atomic mass is 9.96. The molecule has 2 aliphatic rings. The quantitative estimate of drug-likeness (QED) is 0.863. The molecule has 0 spiro atoms.